The highest BCUT2D eigenvalue weighted by molar-refractivity contribution is 6.18. The Hall–Kier alpha value is -1.93. The molecule has 2 heterocycles. The van der Waals surface area contributed by atoms with Gasteiger partial charge in [-0.3, -0.25) is 9.59 Å². The van der Waals surface area contributed by atoms with Gasteiger partial charge in [-0.15, -0.1) is 11.6 Å². The van der Waals surface area contributed by atoms with Crippen molar-refractivity contribution in [3.8, 4) is 0 Å². The minimum absolute atomic E-state index is 0.0403. The number of likely N-dealkylation sites (N-methyl/N-ethyl adjacent to an activating group) is 1. The van der Waals surface area contributed by atoms with E-state index in [-0.39, 0.29) is 17.7 Å². The molecule has 2 rings (SSSR count). The molecule has 1 fully saturated rings. The summed E-state index contributed by atoms with van der Waals surface area (Å²) in [4.78, 5) is 41.2. The van der Waals surface area contributed by atoms with Crippen molar-refractivity contribution < 1.29 is 9.59 Å². The quantitative estimate of drug-likeness (QED) is 0.612. The summed E-state index contributed by atoms with van der Waals surface area (Å²) >= 11 is 5.77. The van der Waals surface area contributed by atoms with Gasteiger partial charge in [-0.2, -0.15) is 0 Å². The Labute approximate surface area is 172 Å². The number of rotatable bonds is 7. The third-order valence-electron chi connectivity index (χ3n) is 4.73. The van der Waals surface area contributed by atoms with Gasteiger partial charge in [0.05, 0.1) is 6.54 Å². The van der Waals surface area contributed by atoms with Crippen molar-refractivity contribution in [1.29, 1.82) is 0 Å². The van der Waals surface area contributed by atoms with Gasteiger partial charge in [0.2, 0.25) is 11.8 Å². The Bertz CT molecular complexity index is 670. The van der Waals surface area contributed by atoms with Gasteiger partial charge < -0.3 is 19.6 Å². The molecule has 0 aliphatic carbocycles. The van der Waals surface area contributed by atoms with E-state index in [0.717, 1.165) is 11.5 Å². The van der Waals surface area contributed by atoms with Crippen LogP contribution >= 0.6 is 11.6 Å². The van der Waals surface area contributed by atoms with Crippen molar-refractivity contribution in [3.63, 3.8) is 0 Å². The summed E-state index contributed by atoms with van der Waals surface area (Å²) in [6, 6.07) is 1.96. The molecule has 1 saturated heterocycles. The van der Waals surface area contributed by atoms with Crippen LogP contribution in [-0.4, -0.2) is 103 Å². The molecule has 0 N–H and O–H groups in total. The summed E-state index contributed by atoms with van der Waals surface area (Å²) in [5.74, 6) is 1.38. The van der Waals surface area contributed by atoms with E-state index in [4.69, 9.17) is 11.6 Å². The third-order valence-corrected chi connectivity index (χ3v) is 4.92. The van der Waals surface area contributed by atoms with Crippen molar-refractivity contribution in [1.82, 2.24) is 24.7 Å². The van der Waals surface area contributed by atoms with Crippen LogP contribution in [0.15, 0.2) is 12.4 Å². The van der Waals surface area contributed by atoms with Crippen LogP contribution < -0.4 is 4.90 Å². The van der Waals surface area contributed by atoms with Crippen LogP contribution in [0.2, 0.25) is 0 Å². The first-order valence-electron chi connectivity index (χ1n) is 9.54. The Morgan fingerprint density at radius 3 is 2.32 bits per heavy atom. The molecule has 28 heavy (non-hydrogen) atoms. The average molecular weight is 411 g/mol. The maximum atomic E-state index is 12.6. The SMILES string of the molecule is CN(C)CC(=O)N1CCN(C(=O)CCCl)CC(Cc2cc(N(C)C)ncn2)C1. The van der Waals surface area contributed by atoms with E-state index in [2.05, 4.69) is 9.97 Å². The van der Waals surface area contributed by atoms with E-state index in [1.807, 2.05) is 53.9 Å². The van der Waals surface area contributed by atoms with E-state index in [9.17, 15) is 9.59 Å². The van der Waals surface area contributed by atoms with Gasteiger partial charge in [-0.05, 0) is 26.4 Å². The highest BCUT2D eigenvalue weighted by Crippen LogP contribution is 2.17. The molecular formula is C19H31ClN6O2. The predicted octanol–water partition coefficient (Wildman–Crippen LogP) is 0.563. The molecular weight excluding hydrogens is 380 g/mol. The lowest BCUT2D eigenvalue weighted by Crippen LogP contribution is -2.41. The van der Waals surface area contributed by atoms with E-state index >= 15 is 0 Å². The zero-order valence-corrected chi connectivity index (χ0v) is 18.0. The molecule has 0 aromatic carbocycles. The lowest BCUT2D eigenvalue weighted by Gasteiger charge is -2.25. The minimum atomic E-state index is 0.0403. The zero-order valence-electron chi connectivity index (χ0n) is 17.3. The second-order valence-corrected chi connectivity index (χ2v) is 8.07. The standard InChI is InChI=1S/C19H31ClN6O2/c1-23(2)13-19(28)26-8-7-25(18(27)5-6-20)11-15(12-26)9-16-10-17(24(3)4)22-14-21-16/h10,14-15H,5-9,11-13H2,1-4H3. The number of hydrogen-bond acceptors (Lipinski definition) is 6. The van der Waals surface area contributed by atoms with Crippen molar-refractivity contribution >= 4 is 29.2 Å². The molecule has 8 nitrogen and oxygen atoms in total. The Morgan fingerprint density at radius 2 is 1.75 bits per heavy atom. The predicted molar refractivity (Wildman–Crippen MR) is 111 cm³/mol. The molecule has 0 spiro atoms. The summed E-state index contributed by atoms with van der Waals surface area (Å²) in [6.45, 7) is 2.66. The van der Waals surface area contributed by atoms with Gasteiger partial charge in [0, 0.05) is 64.3 Å². The fourth-order valence-electron chi connectivity index (χ4n) is 3.33. The number of carbonyl (C=O) groups is 2. The molecule has 1 unspecified atom stereocenters. The first-order valence-corrected chi connectivity index (χ1v) is 10.1. The number of nitrogens with zero attached hydrogens (tertiary/aromatic N) is 6. The molecule has 1 aliphatic rings. The average Bonchev–Trinajstić information content (AvgIpc) is 2.84. The first kappa shape index (κ1) is 22.4. The second kappa shape index (κ2) is 10.6. The maximum Gasteiger partial charge on any atom is 0.236 e. The van der Waals surface area contributed by atoms with Crippen LogP contribution in [0.3, 0.4) is 0 Å². The van der Waals surface area contributed by atoms with Gasteiger partial charge in [0.15, 0.2) is 0 Å². The van der Waals surface area contributed by atoms with Gasteiger partial charge in [-0.1, -0.05) is 0 Å². The van der Waals surface area contributed by atoms with Crippen LogP contribution in [0.1, 0.15) is 12.1 Å². The molecule has 0 bridgehead atoms. The molecule has 2 amide bonds. The van der Waals surface area contributed by atoms with E-state index in [1.54, 1.807) is 6.33 Å². The van der Waals surface area contributed by atoms with Crippen molar-refractivity contribution in [2.45, 2.75) is 12.8 Å². The first-order chi connectivity index (χ1) is 13.3. The minimum Gasteiger partial charge on any atom is -0.363 e. The monoisotopic (exact) mass is 410 g/mol. The normalized spacial score (nSPS) is 17.6. The molecule has 1 aliphatic heterocycles. The smallest absolute Gasteiger partial charge is 0.236 e. The second-order valence-electron chi connectivity index (χ2n) is 7.69. The van der Waals surface area contributed by atoms with E-state index in [1.165, 1.54) is 0 Å². The maximum absolute atomic E-state index is 12.6. The number of carbonyl (C=O) groups excluding carboxylic acids is 2. The lowest BCUT2D eigenvalue weighted by atomic mass is 10.0. The molecule has 0 radical (unpaired) electrons. The largest absolute Gasteiger partial charge is 0.363 e. The fourth-order valence-corrected chi connectivity index (χ4v) is 3.50. The highest BCUT2D eigenvalue weighted by Gasteiger charge is 2.28. The Kier molecular flexibility index (Phi) is 8.44. The molecule has 1 aromatic rings. The van der Waals surface area contributed by atoms with Crippen molar-refractivity contribution in [3.05, 3.63) is 18.1 Å². The highest BCUT2D eigenvalue weighted by atomic mass is 35.5. The summed E-state index contributed by atoms with van der Waals surface area (Å²) in [6.07, 6.45) is 2.56. The summed E-state index contributed by atoms with van der Waals surface area (Å²) in [7, 11) is 7.64. The van der Waals surface area contributed by atoms with Gasteiger partial charge in [-0.25, -0.2) is 9.97 Å². The van der Waals surface area contributed by atoms with Crippen LogP contribution in [0.5, 0.6) is 0 Å². The van der Waals surface area contributed by atoms with E-state index in [0.29, 0.717) is 51.4 Å². The number of anilines is 1. The number of alkyl halides is 1. The van der Waals surface area contributed by atoms with Crippen LogP contribution in [0.25, 0.3) is 0 Å². The fraction of sp³-hybridized carbons (Fsp3) is 0.684. The summed E-state index contributed by atoms with van der Waals surface area (Å²) in [5.41, 5.74) is 0.912. The van der Waals surface area contributed by atoms with Gasteiger partial charge >= 0.3 is 0 Å². The lowest BCUT2D eigenvalue weighted by molar-refractivity contribution is -0.133. The van der Waals surface area contributed by atoms with Gasteiger partial charge in [0.25, 0.3) is 0 Å². The summed E-state index contributed by atoms with van der Waals surface area (Å²) < 4.78 is 0. The zero-order chi connectivity index (χ0) is 20.7. The van der Waals surface area contributed by atoms with Crippen LogP contribution in [0.4, 0.5) is 5.82 Å². The van der Waals surface area contributed by atoms with Crippen LogP contribution in [-0.2, 0) is 16.0 Å². The topological polar surface area (TPSA) is 72.9 Å². The van der Waals surface area contributed by atoms with Crippen LogP contribution in [0, 0.1) is 5.92 Å². The molecule has 1 aromatic heterocycles. The molecule has 156 valence electrons. The Balaban J connectivity index is 2.17. The molecule has 0 saturated carbocycles. The number of amides is 2. The third kappa shape index (κ3) is 6.60. The number of halogens is 1. The number of hydrogen-bond donors (Lipinski definition) is 0. The molecule has 1 atom stereocenters. The van der Waals surface area contributed by atoms with Gasteiger partial charge in [0.1, 0.15) is 12.1 Å². The number of aromatic nitrogens is 2. The van der Waals surface area contributed by atoms with Crippen molar-refractivity contribution in [2.75, 3.05) is 71.7 Å². The summed E-state index contributed by atoms with van der Waals surface area (Å²) in [5, 5.41) is 0. The van der Waals surface area contributed by atoms with E-state index < -0.39 is 0 Å². The Morgan fingerprint density at radius 1 is 1.11 bits per heavy atom. The molecule has 9 heteroatoms. The van der Waals surface area contributed by atoms with Crippen molar-refractivity contribution in [2.24, 2.45) is 5.92 Å².